The van der Waals surface area contributed by atoms with Gasteiger partial charge in [0.05, 0.1) is 0 Å². The van der Waals surface area contributed by atoms with Crippen LogP contribution in [0.25, 0.3) is 12.2 Å². The fourth-order valence-corrected chi connectivity index (χ4v) is 2.00. The van der Waals surface area contributed by atoms with E-state index in [1.807, 2.05) is 0 Å². The van der Waals surface area contributed by atoms with E-state index in [9.17, 15) is 22.4 Å². The van der Waals surface area contributed by atoms with Crippen LogP contribution in [0.4, 0.5) is 17.6 Å². The molecule has 136 valence electrons. The molecule has 3 nitrogen and oxygen atoms in total. The van der Waals surface area contributed by atoms with Crippen molar-refractivity contribution in [3.63, 3.8) is 0 Å². The van der Waals surface area contributed by atoms with E-state index in [1.165, 1.54) is 60.7 Å². The molecule has 7 heteroatoms. The third-order valence-corrected chi connectivity index (χ3v) is 3.05. The first-order chi connectivity index (χ1) is 12.4. The molecule has 2 rings (SSSR count). The molecule has 0 bridgehead atoms. The van der Waals surface area contributed by atoms with Crippen LogP contribution in [0.3, 0.4) is 0 Å². The molecule has 0 radical (unpaired) electrons. The van der Waals surface area contributed by atoms with Gasteiger partial charge in [-0.1, -0.05) is 36.4 Å². The molecular weight excluding hydrogens is 352 g/mol. The Morgan fingerprint density at radius 1 is 0.769 bits per heavy atom. The Morgan fingerprint density at radius 3 is 1.58 bits per heavy atom. The van der Waals surface area contributed by atoms with Gasteiger partial charge in [-0.2, -0.15) is 17.6 Å². The highest BCUT2D eigenvalue weighted by Crippen LogP contribution is 2.18. The van der Waals surface area contributed by atoms with E-state index in [0.717, 1.165) is 0 Å². The molecule has 0 aromatic heterocycles. The zero-order valence-electron chi connectivity index (χ0n) is 13.3. The van der Waals surface area contributed by atoms with Crippen molar-refractivity contribution in [2.45, 2.75) is 13.2 Å². The molecule has 0 aliphatic rings. The van der Waals surface area contributed by atoms with Gasteiger partial charge in [0.2, 0.25) is 0 Å². The Labute approximate surface area is 147 Å². The van der Waals surface area contributed by atoms with Gasteiger partial charge in [-0.25, -0.2) is 0 Å². The van der Waals surface area contributed by atoms with Crippen molar-refractivity contribution in [3.05, 3.63) is 71.8 Å². The summed E-state index contributed by atoms with van der Waals surface area (Å²) in [6.45, 7) is -5.85. The maximum atomic E-state index is 12.2. The Kier molecular flexibility index (Phi) is 6.96. The normalized spacial score (nSPS) is 11.6. The van der Waals surface area contributed by atoms with Crippen molar-refractivity contribution < 1.29 is 31.8 Å². The molecule has 0 N–H and O–H groups in total. The predicted octanol–water partition coefficient (Wildman–Crippen LogP) is 5.19. The number of ether oxygens (including phenoxy) is 2. The lowest BCUT2D eigenvalue weighted by Gasteiger charge is -2.04. The number of halogens is 4. The average Bonchev–Trinajstić information content (AvgIpc) is 2.58. The molecule has 2 aromatic carbocycles. The minimum atomic E-state index is -2.93. The molecule has 26 heavy (non-hydrogen) atoms. The van der Waals surface area contributed by atoms with Crippen LogP contribution in [0, 0.1) is 0 Å². The monoisotopic (exact) mass is 366 g/mol. The molecule has 0 unspecified atom stereocenters. The van der Waals surface area contributed by atoms with E-state index < -0.39 is 13.2 Å². The molecule has 0 saturated heterocycles. The lowest BCUT2D eigenvalue weighted by molar-refractivity contribution is -0.110. The number of hydrogen-bond donors (Lipinski definition) is 0. The molecular formula is C19H14F4O3. The molecule has 0 heterocycles. The van der Waals surface area contributed by atoms with Crippen molar-refractivity contribution in [1.82, 2.24) is 0 Å². The third kappa shape index (κ3) is 6.80. The highest BCUT2D eigenvalue weighted by molar-refractivity contribution is 6.04. The van der Waals surface area contributed by atoms with E-state index in [4.69, 9.17) is 0 Å². The number of benzene rings is 2. The summed E-state index contributed by atoms with van der Waals surface area (Å²) in [5, 5.41) is 0. The number of rotatable bonds is 8. The molecule has 0 atom stereocenters. The first kappa shape index (κ1) is 19.2. The van der Waals surface area contributed by atoms with Crippen LogP contribution in [-0.2, 0) is 4.79 Å². The molecule has 0 aliphatic heterocycles. The van der Waals surface area contributed by atoms with E-state index >= 15 is 0 Å². The van der Waals surface area contributed by atoms with Crippen LogP contribution in [0.1, 0.15) is 11.1 Å². The van der Waals surface area contributed by atoms with Crippen LogP contribution in [-0.4, -0.2) is 19.0 Å². The lowest BCUT2D eigenvalue weighted by Crippen LogP contribution is -2.01. The van der Waals surface area contributed by atoms with Gasteiger partial charge in [0.25, 0.3) is 0 Å². The first-order valence-corrected chi connectivity index (χ1v) is 7.42. The summed E-state index contributed by atoms with van der Waals surface area (Å²) < 4.78 is 57.2. The van der Waals surface area contributed by atoms with E-state index in [-0.39, 0.29) is 17.3 Å². The molecule has 0 aliphatic carbocycles. The van der Waals surface area contributed by atoms with Gasteiger partial charge in [0.1, 0.15) is 11.5 Å². The summed E-state index contributed by atoms with van der Waals surface area (Å²) in [6, 6.07) is 11.8. The summed E-state index contributed by atoms with van der Waals surface area (Å²) in [5.41, 5.74) is 1.02. The summed E-state index contributed by atoms with van der Waals surface area (Å²) in [5.74, 6) is -0.396. The van der Waals surface area contributed by atoms with Crippen molar-refractivity contribution in [2.75, 3.05) is 0 Å². The Hall–Kier alpha value is -3.09. The number of carbonyl (C=O) groups excluding carboxylic acids is 1. The number of alkyl halides is 4. The topological polar surface area (TPSA) is 35.5 Å². The van der Waals surface area contributed by atoms with E-state index in [1.54, 1.807) is 12.1 Å². The van der Waals surface area contributed by atoms with Crippen molar-refractivity contribution in [2.24, 2.45) is 0 Å². The number of ketones is 1. The second-order valence-corrected chi connectivity index (χ2v) is 4.97. The highest BCUT2D eigenvalue weighted by atomic mass is 19.3. The zero-order valence-corrected chi connectivity index (χ0v) is 13.3. The average molecular weight is 366 g/mol. The Balaban J connectivity index is 2.00. The van der Waals surface area contributed by atoms with E-state index in [0.29, 0.717) is 11.1 Å². The Bertz CT molecular complexity index is 735. The zero-order chi connectivity index (χ0) is 18.9. The predicted molar refractivity (Wildman–Crippen MR) is 89.2 cm³/mol. The maximum absolute atomic E-state index is 12.2. The van der Waals surface area contributed by atoms with Crippen LogP contribution in [0.2, 0.25) is 0 Å². The van der Waals surface area contributed by atoms with E-state index in [2.05, 4.69) is 9.47 Å². The van der Waals surface area contributed by atoms with Gasteiger partial charge in [-0.3, -0.25) is 4.79 Å². The first-order valence-electron chi connectivity index (χ1n) is 7.42. The summed E-state index contributed by atoms with van der Waals surface area (Å²) >= 11 is 0. The molecule has 0 saturated carbocycles. The van der Waals surface area contributed by atoms with Gasteiger partial charge in [0, 0.05) is 0 Å². The lowest BCUT2D eigenvalue weighted by atomic mass is 10.1. The summed E-state index contributed by atoms with van der Waals surface area (Å²) in [6.07, 6.45) is 5.39. The minimum absolute atomic E-state index is 0.0130. The number of carbonyl (C=O) groups is 1. The SMILES string of the molecule is O=C(/C=C/c1cccc(OC(F)F)c1)/C=C/c1cccc(OC(F)F)c1. The maximum Gasteiger partial charge on any atom is 0.387 e. The van der Waals surface area contributed by atoms with Crippen LogP contribution < -0.4 is 9.47 Å². The quantitative estimate of drug-likeness (QED) is 0.477. The molecule has 2 aromatic rings. The molecule has 0 spiro atoms. The van der Waals surface area contributed by atoms with Crippen molar-refractivity contribution in [3.8, 4) is 11.5 Å². The largest absolute Gasteiger partial charge is 0.435 e. The second-order valence-electron chi connectivity index (χ2n) is 4.97. The van der Waals surface area contributed by atoms with Gasteiger partial charge in [-0.15, -0.1) is 0 Å². The summed E-state index contributed by atoms with van der Waals surface area (Å²) in [4.78, 5) is 11.8. The van der Waals surface area contributed by atoms with Crippen LogP contribution >= 0.6 is 0 Å². The van der Waals surface area contributed by atoms with Crippen molar-refractivity contribution >= 4 is 17.9 Å². The standard InChI is InChI=1S/C19H14F4O3/c20-18(21)25-16-5-1-3-13(11-16)7-9-15(24)10-8-14-4-2-6-17(12-14)26-19(22)23/h1-12,18-19H/b9-7+,10-8+. The van der Waals surface area contributed by atoms with Gasteiger partial charge >= 0.3 is 13.2 Å². The third-order valence-electron chi connectivity index (χ3n) is 3.05. The number of hydrogen-bond acceptors (Lipinski definition) is 3. The second kappa shape index (κ2) is 9.41. The summed E-state index contributed by atoms with van der Waals surface area (Å²) in [7, 11) is 0. The van der Waals surface area contributed by atoms with Gasteiger partial charge < -0.3 is 9.47 Å². The van der Waals surface area contributed by atoms with Crippen LogP contribution in [0.15, 0.2) is 60.7 Å². The number of allylic oxidation sites excluding steroid dienone is 2. The van der Waals surface area contributed by atoms with Gasteiger partial charge in [-0.05, 0) is 47.5 Å². The minimum Gasteiger partial charge on any atom is -0.435 e. The molecule has 0 amide bonds. The van der Waals surface area contributed by atoms with Crippen LogP contribution in [0.5, 0.6) is 11.5 Å². The fourth-order valence-electron chi connectivity index (χ4n) is 2.00. The smallest absolute Gasteiger partial charge is 0.387 e. The van der Waals surface area contributed by atoms with Crippen molar-refractivity contribution in [1.29, 1.82) is 0 Å². The van der Waals surface area contributed by atoms with Gasteiger partial charge in [0.15, 0.2) is 5.78 Å². The highest BCUT2D eigenvalue weighted by Gasteiger charge is 2.04. The molecule has 0 fully saturated rings. The fraction of sp³-hybridized carbons (Fsp3) is 0.105. The Morgan fingerprint density at radius 2 is 1.19 bits per heavy atom.